The van der Waals surface area contributed by atoms with Crippen LogP contribution < -0.4 is 9.47 Å². The van der Waals surface area contributed by atoms with Crippen molar-refractivity contribution in [1.29, 1.82) is 0 Å². The van der Waals surface area contributed by atoms with Gasteiger partial charge in [-0.05, 0) is 19.1 Å². The van der Waals surface area contributed by atoms with Crippen LogP contribution in [0, 0.1) is 6.92 Å². The monoisotopic (exact) mass is 333 g/mol. The molecule has 1 atom stereocenters. The molecule has 1 aliphatic rings. The summed E-state index contributed by atoms with van der Waals surface area (Å²) in [5, 5.41) is 3.77. The molecule has 1 aromatic heterocycles. The Bertz CT molecular complexity index is 703. The van der Waals surface area contributed by atoms with Crippen molar-refractivity contribution >= 4 is 5.91 Å². The Morgan fingerprint density at radius 2 is 2.17 bits per heavy atom. The molecule has 8 heteroatoms. The van der Waals surface area contributed by atoms with E-state index in [2.05, 4.69) is 10.1 Å². The summed E-state index contributed by atoms with van der Waals surface area (Å²) in [6, 6.07) is 6.79. The topological polar surface area (TPSA) is 86.9 Å². The molecule has 24 heavy (non-hydrogen) atoms. The SMILES string of the molecule is COc1ccccc1OCC(=O)N1CCOC[C@H]1c1nc(C)no1. The van der Waals surface area contributed by atoms with Crippen molar-refractivity contribution < 1.29 is 23.5 Å². The van der Waals surface area contributed by atoms with Gasteiger partial charge in [0.15, 0.2) is 23.9 Å². The number of methoxy groups -OCH3 is 1. The van der Waals surface area contributed by atoms with E-state index in [9.17, 15) is 4.79 Å². The standard InChI is InChI=1S/C16H19N3O5/c1-11-17-16(24-18-11)12-9-22-8-7-19(12)15(20)10-23-14-6-4-3-5-13(14)21-2/h3-6,12H,7-10H2,1-2H3/t12-/m0/s1. The van der Waals surface area contributed by atoms with Gasteiger partial charge in [-0.2, -0.15) is 4.98 Å². The number of morpholine rings is 1. The summed E-state index contributed by atoms with van der Waals surface area (Å²) in [5.74, 6) is 1.82. The molecule has 2 heterocycles. The summed E-state index contributed by atoms with van der Waals surface area (Å²) >= 11 is 0. The highest BCUT2D eigenvalue weighted by atomic mass is 16.5. The zero-order valence-electron chi connectivity index (χ0n) is 13.6. The molecule has 128 valence electrons. The van der Waals surface area contributed by atoms with Gasteiger partial charge < -0.3 is 23.6 Å². The number of amides is 1. The number of ether oxygens (including phenoxy) is 3. The molecule has 2 aromatic rings. The molecular weight excluding hydrogens is 314 g/mol. The molecule has 1 aromatic carbocycles. The van der Waals surface area contributed by atoms with Crippen LogP contribution in [-0.2, 0) is 9.53 Å². The van der Waals surface area contributed by atoms with Gasteiger partial charge in [0, 0.05) is 6.54 Å². The quantitative estimate of drug-likeness (QED) is 0.816. The van der Waals surface area contributed by atoms with Gasteiger partial charge in [-0.15, -0.1) is 0 Å². The molecule has 8 nitrogen and oxygen atoms in total. The van der Waals surface area contributed by atoms with E-state index in [-0.39, 0.29) is 12.5 Å². The fraction of sp³-hybridized carbons (Fsp3) is 0.438. The molecule has 1 fully saturated rings. The van der Waals surface area contributed by atoms with Crippen molar-refractivity contribution in [3.63, 3.8) is 0 Å². The number of nitrogens with zero attached hydrogens (tertiary/aromatic N) is 3. The van der Waals surface area contributed by atoms with Gasteiger partial charge in [-0.1, -0.05) is 17.3 Å². The van der Waals surface area contributed by atoms with Gasteiger partial charge in [0.2, 0.25) is 0 Å². The summed E-state index contributed by atoms with van der Waals surface area (Å²) in [4.78, 5) is 18.4. The third-order valence-corrected chi connectivity index (χ3v) is 3.70. The molecule has 0 bridgehead atoms. The minimum atomic E-state index is -0.395. The molecule has 0 spiro atoms. The Hall–Kier alpha value is -2.61. The van der Waals surface area contributed by atoms with Gasteiger partial charge in [0.1, 0.15) is 6.04 Å². The van der Waals surface area contributed by atoms with E-state index in [1.807, 2.05) is 12.1 Å². The van der Waals surface area contributed by atoms with Crippen LogP contribution in [-0.4, -0.2) is 54.4 Å². The molecule has 1 amide bonds. The van der Waals surface area contributed by atoms with Crippen LogP contribution in [0.5, 0.6) is 11.5 Å². The fourth-order valence-electron chi connectivity index (χ4n) is 2.52. The summed E-state index contributed by atoms with van der Waals surface area (Å²) in [7, 11) is 1.56. The highest BCUT2D eigenvalue weighted by Crippen LogP contribution is 2.27. The smallest absolute Gasteiger partial charge is 0.261 e. The molecule has 3 rings (SSSR count). The lowest BCUT2D eigenvalue weighted by molar-refractivity contribution is -0.143. The number of benzene rings is 1. The van der Waals surface area contributed by atoms with Crippen LogP contribution in [0.4, 0.5) is 0 Å². The number of hydrogen-bond donors (Lipinski definition) is 0. The van der Waals surface area contributed by atoms with Gasteiger partial charge >= 0.3 is 0 Å². The Labute approximate surface area is 139 Å². The van der Waals surface area contributed by atoms with Crippen LogP contribution >= 0.6 is 0 Å². The number of hydrogen-bond acceptors (Lipinski definition) is 7. The Kier molecular flexibility index (Phi) is 4.95. The largest absolute Gasteiger partial charge is 0.493 e. The Morgan fingerprint density at radius 3 is 2.88 bits per heavy atom. The predicted molar refractivity (Wildman–Crippen MR) is 82.8 cm³/mol. The second-order valence-electron chi connectivity index (χ2n) is 5.30. The second-order valence-corrected chi connectivity index (χ2v) is 5.30. The van der Waals surface area contributed by atoms with Crippen LogP contribution in [0.15, 0.2) is 28.8 Å². The highest BCUT2D eigenvalue weighted by Gasteiger charge is 2.32. The van der Waals surface area contributed by atoms with E-state index in [0.29, 0.717) is 43.0 Å². The lowest BCUT2D eigenvalue weighted by Crippen LogP contribution is -2.45. The van der Waals surface area contributed by atoms with E-state index in [1.165, 1.54) is 0 Å². The summed E-state index contributed by atoms with van der Waals surface area (Å²) in [6.07, 6.45) is 0. The van der Waals surface area contributed by atoms with Crippen molar-refractivity contribution in [2.75, 3.05) is 33.5 Å². The van der Waals surface area contributed by atoms with Crippen LogP contribution in [0.25, 0.3) is 0 Å². The van der Waals surface area contributed by atoms with Crippen LogP contribution in [0.2, 0.25) is 0 Å². The van der Waals surface area contributed by atoms with Gasteiger partial charge in [-0.3, -0.25) is 4.79 Å². The molecule has 1 saturated heterocycles. The number of aromatic nitrogens is 2. The Balaban J connectivity index is 1.68. The minimum absolute atomic E-state index is 0.107. The first-order valence-corrected chi connectivity index (χ1v) is 7.62. The average Bonchev–Trinajstić information content (AvgIpc) is 3.06. The van der Waals surface area contributed by atoms with Gasteiger partial charge in [0.25, 0.3) is 11.8 Å². The molecule has 0 N–H and O–H groups in total. The zero-order valence-corrected chi connectivity index (χ0v) is 13.6. The van der Waals surface area contributed by atoms with E-state index in [4.69, 9.17) is 18.7 Å². The van der Waals surface area contributed by atoms with E-state index in [1.54, 1.807) is 31.1 Å². The minimum Gasteiger partial charge on any atom is -0.493 e. The third kappa shape index (κ3) is 3.48. The van der Waals surface area contributed by atoms with Gasteiger partial charge in [-0.25, -0.2) is 0 Å². The number of para-hydroxylation sites is 2. The normalized spacial score (nSPS) is 17.6. The lowest BCUT2D eigenvalue weighted by Gasteiger charge is -2.33. The maximum absolute atomic E-state index is 12.6. The predicted octanol–water partition coefficient (Wildman–Crippen LogP) is 1.37. The maximum Gasteiger partial charge on any atom is 0.261 e. The highest BCUT2D eigenvalue weighted by molar-refractivity contribution is 5.78. The number of rotatable bonds is 5. The van der Waals surface area contributed by atoms with Crippen molar-refractivity contribution in [3.05, 3.63) is 36.0 Å². The summed E-state index contributed by atoms with van der Waals surface area (Å²) in [6.45, 7) is 2.85. The molecular formula is C16H19N3O5. The lowest BCUT2D eigenvalue weighted by atomic mass is 10.2. The number of carbonyl (C=O) groups is 1. The van der Waals surface area contributed by atoms with Crippen molar-refractivity contribution in [2.45, 2.75) is 13.0 Å². The first-order valence-electron chi connectivity index (χ1n) is 7.62. The first-order chi connectivity index (χ1) is 11.7. The molecule has 0 aliphatic carbocycles. The van der Waals surface area contributed by atoms with Crippen LogP contribution in [0.1, 0.15) is 17.8 Å². The Morgan fingerprint density at radius 1 is 1.38 bits per heavy atom. The van der Waals surface area contributed by atoms with Crippen molar-refractivity contribution in [2.24, 2.45) is 0 Å². The number of aryl methyl sites for hydroxylation is 1. The average molecular weight is 333 g/mol. The molecule has 0 radical (unpaired) electrons. The third-order valence-electron chi connectivity index (χ3n) is 3.70. The zero-order chi connectivity index (χ0) is 16.9. The summed E-state index contributed by atoms with van der Waals surface area (Å²) in [5.41, 5.74) is 0. The van der Waals surface area contributed by atoms with E-state index in [0.717, 1.165) is 0 Å². The van der Waals surface area contributed by atoms with Crippen LogP contribution in [0.3, 0.4) is 0 Å². The molecule has 0 saturated carbocycles. The van der Waals surface area contributed by atoms with Crippen molar-refractivity contribution in [3.8, 4) is 11.5 Å². The van der Waals surface area contributed by atoms with Crippen molar-refractivity contribution in [1.82, 2.24) is 15.0 Å². The fourth-order valence-corrected chi connectivity index (χ4v) is 2.52. The first kappa shape index (κ1) is 16.3. The van der Waals surface area contributed by atoms with E-state index < -0.39 is 6.04 Å². The van der Waals surface area contributed by atoms with Gasteiger partial charge in [0.05, 0.1) is 20.3 Å². The molecule has 1 aliphatic heterocycles. The maximum atomic E-state index is 12.6. The second kappa shape index (κ2) is 7.31. The molecule has 0 unspecified atom stereocenters. The summed E-state index contributed by atoms with van der Waals surface area (Å²) < 4.78 is 21.5. The van der Waals surface area contributed by atoms with E-state index >= 15 is 0 Å². The number of carbonyl (C=O) groups excluding carboxylic acids is 1.